The van der Waals surface area contributed by atoms with Gasteiger partial charge in [0.25, 0.3) is 0 Å². The minimum Gasteiger partial charge on any atom is -0.355 e. The van der Waals surface area contributed by atoms with E-state index in [1.807, 2.05) is 6.92 Å². The molecule has 0 aromatic rings. The third-order valence-corrected chi connectivity index (χ3v) is 4.94. The van der Waals surface area contributed by atoms with Gasteiger partial charge in [0, 0.05) is 12.6 Å². The second kappa shape index (κ2) is 5.57. The number of carbonyl (C=O) groups excluding carboxylic acids is 1. The molecular formula is C14H27N3O. The number of rotatable bonds is 3. The number of nitrogens with one attached hydrogen (secondary N) is 1. The third-order valence-electron chi connectivity index (χ3n) is 4.94. The predicted octanol–water partition coefficient (Wildman–Crippen LogP) is 0.962. The fraction of sp³-hybridized carbons (Fsp3) is 0.929. The van der Waals surface area contributed by atoms with Gasteiger partial charge < -0.3 is 16.0 Å². The molecule has 4 heteroatoms. The number of amides is 1. The Morgan fingerprint density at radius 1 is 1.39 bits per heavy atom. The molecule has 2 aliphatic rings. The van der Waals surface area contributed by atoms with Crippen LogP contribution >= 0.6 is 0 Å². The normalized spacial score (nSPS) is 34.7. The van der Waals surface area contributed by atoms with Gasteiger partial charge in [-0.3, -0.25) is 4.79 Å². The number of piperidine rings is 1. The molecule has 4 nitrogen and oxygen atoms in total. The van der Waals surface area contributed by atoms with Gasteiger partial charge in [-0.05, 0) is 58.7 Å². The Bertz CT molecular complexity index is 299. The maximum Gasteiger partial charge on any atom is 0.227 e. The molecule has 2 atom stereocenters. The standard InChI is InChI=1S/C14H27N3O/c1-14(7-3-4-12(14)15)13(18)16-10-11-5-8-17(2)9-6-11/h11-12H,3-10,15H2,1-2H3,(H,16,18). The van der Waals surface area contributed by atoms with E-state index in [1.54, 1.807) is 0 Å². The first kappa shape index (κ1) is 13.8. The van der Waals surface area contributed by atoms with Crippen molar-refractivity contribution in [3.05, 3.63) is 0 Å². The van der Waals surface area contributed by atoms with E-state index in [0.717, 1.165) is 38.9 Å². The molecule has 2 rings (SSSR count). The molecule has 2 unspecified atom stereocenters. The summed E-state index contributed by atoms with van der Waals surface area (Å²) >= 11 is 0. The van der Waals surface area contributed by atoms with Gasteiger partial charge in [0.1, 0.15) is 0 Å². The molecule has 104 valence electrons. The van der Waals surface area contributed by atoms with Crippen LogP contribution in [0.15, 0.2) is 0 Å². The first-order valence-corrected chi connectivity index (χ1v) is 7.25. The largest absolute Gasteiger partial charge is 0.355 e. The second-order valence-electron chi connectivity index (χ2n) is 6.37. The quantitative estimate of drug-likeness (QED) is 0.788. The Morgan fingerprint density at radius 2 is 2.06 bits per heavy atom. The first-order chi connectivity index (χ1) is 8.52. The Kier molecular flexibility index (Phi) is 4.28. The number of nitrogens with two attached hydrogens (primary N) is 1. The van der Waals surface area contributed by atoms with Gasteiger partial charge in [-0.25, -0.2) is 0 Å². The van der Waals surface area contributed by atoms with E-state index in [-0.39, 0.29) is 17.4 Å². The van der Waals surface area contributed by atoms with Crippen molar-refractivity contribution in [2.75, 3.05) is 26.7 Å². The van der Waals surface area contributed by atoms with Crippen LogP contribution < -0.4 is 11.1 Å². The summed E-state index contributed by atoms with van der Waals surface area (Å²) in [5.41, 5.74) is 5.75. The summed E-state index contributed by atoms with van der Waals surface area (Å²) in [5, 5.41) is 3.14. The Labute approximate surface area is 110 Å². The number of nitrogens with zero attached hydrogens (tertiary/aromatic N) is 1. The van der Waals surface area contributed by atoms with E-state index in [2.05, 4.69) is 17.3 Å². The summed E-state index contributed by atoms with van der Waals surface area (Å²) in [6, 6.07) is 0.0370. The molecule has 1 heterocycles. The van der Waals surface area contributed by atoms with Crippen LogP contribution in [0.3, 0.4) is 0 Å². The number of carbonyl (C=O) groups is 1. The van der Waals surface area contributed by atoms with Crippen LogP contribution in [-0.4, -0.2) is 43.5 Å². The molecule has 0 aromatic heterocycles. The summed E-state index contributed by atoms with van der Waals surface area (Å²) in [6.45, 7) is 5.15. The fourth-order valence-corrected chi connectivity index (χ4v) is 3.18. The van der Waals surface area contributed by atoms with Gasteiger partial charge in [-0.1, -0.05) is 6.42 Å². The van der Waals surface area contributed by atoms with E-state index < -0.39 is 0 Å². The minimum atomic E-state index is -0.328. The Balaban J connectivity index is 1.78. The van der Waals surface area contributed by atoms with Gasteiger partial charge >= 0.3 is 0 Å². The van der Waals surface area contributed by atoms with Crippen LogP contribution in [0.4, 0.5) is 0 Å². The average Bonchev–Trinajstić information content (AvgIpc) is 2.70. The molecule has 1 aliphatic carbocycles. The monoisotopic (exact) mass is 253 g/mol. The van der Waals surface area contributed by atoms with Crippen molar-refractivity contribution >= 4 is 5.91 Å². The average molecular weight is 253 g/mol. The van der Waals surface area contributed by atoms with Crippen LogP contribution in [0, 0.1) is 11.3 Å². The molecule has 1 aliphatic heterocycles. The molecule has 1 saturated carbocycles. The summed E-state index contributed by atoms with van der Waals surface area (Å²) in [4.78, 5) is 14.6. The Morgan fingerprint density at radius 3 is 2.61 bits per heavy atom. The van der Waals surface area contributed by atoms with Crippen LogP contribution in [0.5, 0.6) is 0 Å². The van der Waals surface area contributed by atoms with Crippen LogP contribution in [0.25, 0.3) is 0 Å². The topological polar surface area (TPSA) is 58.4 Å². The van der Waals surface area contributed by atoms with E-state index in [9.17, 15) is 4.79 Å². The zero-order valence-corrected chi connectivity index (χ0v) is 11.7. The zero-order valence-electron chi connectivity index (χ0n) is 11.7. The Hall–Kier alpha value is -0.610. The van der Waals surface area contributed by atoms with Crippen molar-refractivity contribution in [1.82, 2.24) is 10.2 Å². The van der Waals surface area contributed by atoms with Crippen LogP contribution in [-0.2, 0) is 4.79 Å². The maximum atomic E-state index is 12.3. The van der Waals surface area contributed by atoms with E-state index in [0.29, 0.717) is 5.92 Å². The maximum absolute atomic E-state index is 12.3. The highest BCUT2D eigenvalue weighted by Crippen LogP contribution is 2.36. The fourth-order valence-electron chi connectivity index (χ4n) is 3.18. The highest BCUT2D eigenvalue weighted by Gasteiger charge is 2.42. The van der Waals surface area contributed by atoms with Gasteiger partial charge in [0.15, 0.2) is 0 Å². The van der Waals surface area contributed by atoms with E-state index >= 15 is 0 Å². The van der Waals surface area contributed by atoms with Crippen molar-refractivity contribution in [2.24, 2.45) is 17.1 Å². The van der Waals surface area contributed by atoms with Crippen molar-refractivity contribution in [1.29, 1.82) is 0 Å². The lowest BCUT2D eigenvalue weighted by Gasteiger charge is -2.31. The number of hydrogen-bond donors (Lipinski definition) is 2. The van der Waals surface area contributed by atoms with Gasteiger partial charge in [0.2, 0.25) is 5.91 Å². The molecule has 1 amide bonds. The van der Waals surface area contributed by atoms with Crippen LogP contribution in [0.2, 0.25) is 0 Å². The summed E-state index contributed by atoms with van der Waals surface area (Å²) in [5.74, 6) is 0.817. The van der Waals surface area contributed by atoms with E-state index in [1.165, 1.54) is 12.8 Å². The smallest absolute Gasteiger partial charge is 0.227 e. The molecule has 2 fully saturated rings. The molecule has 0 spiro atoms. The van der Waals surface area contributed by atoms with Crippen molar-refractivity contribution < 1.29 is 4.79 Å². The van der Waals surface area contributed by atoms with Crippen molar-refractivity contribution in [2.45, 2.75) is 45.1 Å². The minimum absolute atomic E-state index is 0.0370. The summed E-state index contributed by atoms with van der Waals surface area (Å²) in [6.07, 6.45) is 5.39. The molecule has 0 radical (unpaired) electrons. The lowest BCUT2D eigenvalue weighted by molar-refractivity contribution is -0.130. The SMILES string of the molecule is CN1CCC(CNC(=O)C2(C)CCCC2N)CC1. The predicted molar refractivity (Wildman–Crippen MR) is 73.2 cm³/mol. The summed E-state index contributed by atoms with van der Waals surface area (Å²) < 4.78 is 0. The molecule has 1 saturated heterocycles. The number of hydrogen-bond acceptors (Lipinski definition) is 3. The van der Waals surface area contributed by atoms with E-state index in [4.69, 9.17) is 5.73 Å². The number of likely N-dealkylation sites (tertiary alicyclic amines) is 1. The molecular weight excluding hydrogens is 226 g/mol. The van der Waals surface area contributed by atoms with Gasteiger partial charge in [0.05, 0.1) is 5.41 Å². The van der Waals surface area contributed by atoms with Gasteiger partial charge in [-0.15, -0.1) is 0 Å². The summed E-state index contributed by atoms with van der Waals surface area (Å²) in [7, 11) is 2.16. The highest BCUT2D eigenvalue weighted by atomic mass is 16.2. The molecule has 18 heavy (non-hydrogen) atoms. The van der Waals surface area contributed by atoms with Crippen molar-refractivity contribution in [3.8, 4) is 0 Å². The zero-order chi connectivity index (χ0) is 13.2. The first-order valence-electron chi connectivity index (χ1n) is 7.25. The third kappa shape index (κ3) is 2.86. The lowest BCUT2D eigenvalue weighted by Crippen LogP contribution is -2.49. The second-order valence-corrected chi connectivity index (χ2v) is 6.37. The lowest BCUT2D eigenvalue weighted by atomic mass is 9.84. The molecule has 3 N–H and O–H groups in total. The highest BCUT2D eigenvalue weighted by molar-refractivity contribution is 5.83. The molecule has 0 aromatic carbocycles. The van der Waals surface area contributed by atoms with Crippen LogP contribution in [0.1, 0.15) is 39.0 Å². The molecule has 0 bridgehead atoms. The van der Waals surface area contributed by atoms with Gasteiger partial charge in [-0.2, -0.15) is 0 Å². The van der Waals surface area contributed by atoms with Crippen molar-refractivity contribution in [3.63, 3.8) is 0 Å².